The van der Waals surface area contributed by atoms with Crippen LogP contribution in [0.5, 0.6) is 0 Å². The average molecular weight is 329 g/mol. The fraction of sp³-hybridized carbons (Fsp3) is 0.267. The molecule has 1 N–H and O–H groups in total. The van der Waals surface area contributed by atoms with E-state index in [2.05, 4.69) is 68.9 Å². The highest BCUT2D eigenvalue weighted by molar-refractivity contribution is 7.98. The molecule has 0 radical (unpaired) electrons. The second-order valence-electron chi connectivity index (χ2n) is 5.18. The van der Waals surface area contributed by atoms with Gasteiger partial charge < -0.3 is 5.32 Å². The van der Waals surface area contributed by atoms with Crippen molar-refractivity contribution >= 4 is 29.0 Å². The van der Waals surface area contributed by atoms with E-state index in [-0.39, 0.29) is 12.1 Å². The summed E-state index contributed by atoms with van der Waals surface area (Å²) in [6, 6.07) is 13.3. The van der Waals surface area contributed by atoms with Gasteiger partial charge in [-0.25, -0.2) is 4.68 Å². The highest BCUT2D eigenvalue weighted by atomic mass is 32.2. The van der Waals surface area contributed by atoms with Crippen LogP contribution in [0.3, 0.4) is 0 Å². The number of tetrazole rings is 1. The van der Waals surface area contributed by atoms with E-state index in [9.17, 15) is 0 Å². The molecule has 2 atom stereocenters. The van der Waals surface area contributed by atoms with Crippen molar-refractivity contribution in [2.24, 2.45) is 0 Å². The van der Waals surface area contributed by atoms with Gasteiger partial charge >= 0.3 is 0 Å². The van der Waals surface area contributed by atoms with Crippen LogP contribution in [0.25, 0.3) is 0 Å². The van der Waals surface area contributed by atoms with Crippen molar-refractivity contribution in [1.82, 2.24) is 20.2 Å². The number of hydrogen-bond acceptors (Lipinski definition) is 6. The van der Waals surface area contributed by atoms with Crippen molar-refractivity contribution in [1.29, 1.82) is 0 Å². The van der Waals surface area contributed by atoms with Crippen molar-refractivity contribution in [2.75, 3.05) is 11.6 Å². The first-order chi connectivity index (χ1) is 10.8. The number of anilines is 1. The lowest BCUT2D eigenvalue weighted by Crippen LogP contribution is -2.27. The van der Waals surface area contributed by atoms with Crippen LogP contribution < -0.4 is 5.32 Å². The third-order valence-electron chi connectivity index (χ3n) is 3.94. The zero-order chi connectivity index (χ0) is 14.9. The molecular weight excluding hydrogens is 314 g/mol. The van der Waals surface area contributed by atoms with Gasteiger partial charge in [0.05, 0.1) is 12.1 Å². The van der Waals surface area contributed by atoms with Gasteiger partial charge in [-0.1, -0.05) is 23.3 Å². The standard InChI is InChI=1S/C15H15N5S2/c1-21-11-6-4-10(5-7-11)13-9-12(14-3-2-8-22-14)16-15-17-18-19-20(13)15/h2-8,12-13H,9H2,1H3,(H,16,17,19)/t12-,13-/m1/s1. The molecule has 7 heteroatoms. The van der Waals surface area contributed by atoms with Gasteiger partial charge in [0.1, 0.15) is 0 Å². The minimum Gasteiger partial charge on any atom is -0.345 e. The third-order valence-corrected chi connectivity index (χ3v) is 5.67. The highest BCUT2D eigenvalue weighted by Gasteiger charge is 2.30. The van der Waals surface area contributed by atoms with Gasteiger partial charge in [-0.15, -0.1) is 23.1 Å². The van der Waals surface area contributed by atoms with E-state index in [4.69, 9.17) is 0 Å². The fourth-order valence-electron chi connectivity index (χ4n) is 2.82. The van der Waals surface area contributed by atoms with E-state index in [0.717, 1.165) is 12.4 Å². The van der Waals surface area contributed by atoms with Crippen molar-refractivity contribution in [3.05, 3.63) is 52.2 Å². The van der Waals surface area contributed by atoms with E-state index in [1.807, 2.05) is 4.68 Å². The van der Waals surface area contributed by atoms with Gasteiger partial charge in [0.15, 0.2) is 0 Å². The van der Waals surface area contributed by atoms with Crippen LogP contribution in [0, 0.1) is 0 Å². The minimum atomic E-state index is 0.161. The molecule has 22 heavy (non-hydrogen) atoms. The molecule has 4 rings (SSSR count). The van der Waals surface area contributed by atoms with E-state index in [1.165, 1.54) is 15.3 Å². The molecule has 3 aromatic rings. The average Bonchev–Trinajstić information content (AvgIpc) is 3.25. The summed E-state index contributed by atoms with van der Waals surface area (Å²) in [5, 5.41) is 17.7. The molecule has 1 aliphatic heterocycles. The summed E-state index contributed by atoms with van der Waals surface area (Å²) in [6.07, 6.45) is 3.03. The number of thioether (sulfide) groups is 1. The Morgan fingerprint density at radius 1 is 1.27 bits per heavy atom. The first kappa shape index (κ1) is 13.8. The van der Waals surface area contributed by atoms with Crippen LogP contribution in [-0.4, -0.2) is 26.5 Å². The lowest BCUT2D eigenvalue weighted by molar-refractivity contribution is 0.426. The van der Waals surface area contributed by atoms with Crippen LogP contribution in [0.1, 0.15) is 28.9 Å². The second kappa shape index (κ2) is 5.73. The van der Waals surface area contributed by atoms with Crippen LogP contribution in [0.4, 0.5) is 5.95 Å². The maximum atomic E-state index is 4.16. The minimum absolute atomic E-state index is 0.161. The molecular formula is C15H15N5S2. The summed E-state index contributed by atoms with van der Waals surface area (Å²) in [4.78, 5) is 2.59. The summed E-state index contributed by atoms with van der Waals surface area (Å²) >= 11 is 3.52. The van der Waals surface area contributed by atoms with Gasteiger partial charge in [-0.05, 0) is 52.2 Å². The lowest BCUT2D eigenvalue weighted by atomic mass is 9.97. The normalized spacial score (nSPS) is 20.4. The van der Waals surface area contributed by atoms with Crippen LogP contribution in [0.2, 0.25) is 0 Å². The third kappa shape index (κ3) is 2.40. The van der Waals surface area contributed by atoms with Crippen LogP contribution in [-0.2, 0) is 0 Å². The number of rotatable bonds is 3. The summed E-state index contributed by atoms with van der Waals surface area (Å²) < 4.78 is 1.89. The molecule has 0 amide bonds. The van der Waals surface area contributed by atoms with Gasteiger partial charge in [0.25, 0.3) is 0 Å². The van der Waals surface area contributed by atoms with Crippen molar-refractivity contribution in [2.45, 2.75) is 23.4 Å². The topological polar surface area (TPSA) is 55.6 Å². The van der Waals surface area contributed by atoms with Crippen molar-refractivity contribution < 1.29 is 0 Å². The molecule has 1 aliphatic rings. The molecule has 0 fully saturated rings. The molecule has 112 valence electrons. The number of aromatic nitrogens is 4. The summed E-state index contributed by atoms with van der Waals surface area (Å²) in [7, 11) is 0. The number of nitrogens with zero attached hydrogens (tertiary/aromatic N) is 4. The van der Waals surface area contributed by atoms with Crippen molar-refractivity contribution in [3.8, 4) is 0 Å². The zero-order valence-corrected chi connectivity index (χ0v) is 13.6. The Morgan fingerprint density at radius 2 is 2.14 bits per heavy atom. The Balaban J connectivity index is 1.71. The molecule has 2 aromatic heterocycles. The van der Waals surface area contributed by atoms with Gasteiger partial charge in [-0.3, -0.25) is 0 Å². The van der Waals surface area contributed by atoms with E-state index in [1.54, 1.807) is 23.1 Å². The Kier molecular flexibility index (Phi) is 3.59. The predicted octanol–water partition coefficient (Wildman–Crippen LogP) is 3.60. The zero-order valence-electron chi connectivity index (χ0n) is 12.0. The number of hydrogen-bond donors (Lipinski definition) is 1. The lowest BCUT2D eigenvalue weighted by Gasteiger charge is -2.30. The molecule has 3 heterocycles. The van der Waals surface area contributed by atoms with Gasteiger partial charge in [-0.2, -0.15) is 0 Å². The highest BCUT2D eigenvalue weighted by Crippen LogP contribution is 2.38. The number of nitrogens with one attached hydrogen (secondary N) is 1. The first-order valence-corrected chi connectivity index (χ1v) is 9.17. The fourth-order valence-corrected chi connectivity index (χ4v) is 4.02. The van der Waals surface area contributed by atoms with Crippen LogP contribution >= 0.6 is 23.1 Å². The Hall–Kier alpha value is -1.86. The smallest absolute Gasteiger partial charge is 0.244 e. The molecule has 0 saturated carbocycles. The van der Waals surface area contributed by atoms with E-state index >= 15 is 0 Å². The summed E-state index contributed by atoms with van der Waals surface area (Å²) in [5.41, 5.74) is 1.24. The Morgan fingerprint density at radius 3 is 2.86 bits per heavy atom. The molecule has 0 saturated heterocycles. The summed E-state index contributed by atoms with van der Waals surface area (Å²) in [5.74, 6) is 0.739. The molecule has 0 bridgehead atoms. The Bertz CT molecular complexity index is 751. The number of thiophene rings is 1. The molecule has 0 spiro atoms. The predicted molar refractivity (Wildman–Crippen MR) is 89.5 cm³/mol. The second-order valence-corrected chi connectivity index (χ2v) is 7.04. The van der Waals surface area contributed by atoms with E-state index < -0.39 is 0 Å². The van der Waals surface area contributed by atoms with Gasteiger partial charge in [0.2, 0.25) is 5.95 Å². The largest absolute Gasteiger partial charge is 0.345 e. The van der Waals surface area contributed by atoms with Gasteiger partial charge in [0, 0.05) is 9.77 Å². The monoisotopic (exact) mass is 329 g/mol. The first-order valence-electron chi connectivity index (χ1n) is 7.07. The number of benzene rings is 1. The summed E-state index contributed by atoms with van der Waals surface area (Å²) in [6.45, 7) is 0. The Labute approximate surface area is 136 Å². The van der Waals surface area contributed by atoms with Crippen molar-refractivity contribution in [3.63, 3.8) is 0 Å². The maximum Gasteiger partial charge on any atom is 0.244 e. The molecule has 1 aromatic carbocycles. The van der Waals surface area contributed by atoms with E-state index in [0.29, 0.717) is 0 Å². The van der Waals surface area contributed by atoms with Crippen LogP contribution in [0.15, 0.2) is 46.7 Å². The molecule has 0 aliphatic carbocycles. The molecule has 5 nitrogen and oxygen atoms in total. The quantitative estimate of drug-likeness (QED) is 0.744. The number of fused-ring (bicyclic) bond motifs is 1. The maximum absolute atomic E-state index is 4.16. The SMILES string of the molecule is CSc1ccc([C@H]2C[C@H](c3cccs3)Nc3nnnn32)cc1. The molecule has 0 unspecified atom stereocenters.